The van der Waals surface area contributed by atoms with Gasteiger partial charge in [0.2, 0.25) is 0 Å². The molecule has 4 rings (SSSR count). The average molecular weight is 422 g/mol. The fourth-order valence-electron chi connectivity index (χ4n) is 3.07. The molecule has 28 heavy (non-hydrogen) atoms. The van der Waals surface area contributed by atoms with Crippen LogP contribution in [0.15, 0.2) is 60.7 Å². The second-order valence-electron chi connectivity index (χ2n) is 7.37. The summed E-state index contributed by atoms with van der Waals surface area (Å²) in [7, 11) is 0. The van der Waals surface area contributed by atoms with Crippen molar-refractivity contribution in [1.29, 1.82) is 0 Å². The molecule has 0 saturated heterocycles. The number of Topliss-reactive ketones (excluding diaryl/α,β-unsaturated/α-hetero) is 2. The highest BCUT2D eigenvalue weighted by Crippen LogP contribution is 2.35. The number of carbonyl (C=O) groups excluding carboxylic acids is 2. The molecule has 152 valence electrons. The first kappa shape index (κ1) is 24.4. The van der Waals surface area contributed by atoms with Crippen molar-refractivity contribution in [3.63, 3.8) is 0 Å². The molecule has 0 aromatic heterocycles. The van der Waals surface area contributed by atoms with E-state index >= 15 is 0 Å². The minimum atomic E-state index is -0.409. The Hall–Kier alpha value is -1.68. The van der Waals surface area contributed by atoms with E-state index in [1.807, 2.05) is 67.6 Å². The van der Waals surface area contributed by atoms with Crippen molar-refractivity contribution in [1.82, 2.24) is 0 Å². The topological polar surface area (TPSA) is 60.2 Å². The van der Waals surface area contributed by atoms with E-state index in [2.05, 4.69) is 0 Å². The molecular weight excluding hydrogens is 393 g/mol. The number of nitrogens with two attached hydrogens (primary N) is 1. The minimum Gasteiger partial charge on any atom is -0.318 e. The first-order chi connectivity index (χ1) is 12.6. The van der Waals surface area contributed by atoms with Gasteiger partial charge in [-0.3, -0.25) is 9.59 Å². The molecule has 2 saturated carbocycles. The SMILES string of the molecule is C[C@@H](C(=O)C1CC1)c1ccccc1.Cl.Cl.N[C@@H](C(=O)C1CC1)c1ccccc1. The maximum absolute atomic E-state index is 11.7. The van der Waals surface area contributed by atoms with Gasteiger partial charge in [-0.25, -0.2) is 0 Å². The van der Waals surface area contributed by atoms with Crippen LogP contribution >= 0.6 is 24.8 Å². The molecule has 0 spiro atoms. The Morgan fingerprint density at radius 2 is 1.14 bits per heavy atom. The maximum Gasteiger partial charge on any atom is 0.157 e. The van der Waals surface area contributed by atoms with E-state index in [4.69, 9.17) is 5.73 Å². The van der Waals surface area contributed by atoms with E-state index in [0.29, 0.717) is 11.7 Å². The first-order valence-electron chi connectivity index (χ1n) is 9.51. The highest BCUT2D eigenvalue weighted by Gasteiger charge is 2.34. The van der Waals surface area contributed by atoms with Gasteiger partial charge in [-0.15, -0.1) is 24.8 Å². The molecule has 0 amide bonds. The Balaban J connectivity index is 0.000000261. The lowest BCUT2D eigenvalue weighted by Gasteiger charge is -2.09. The Morgan fingerprint density at radius 1 is 0.750 bits per heavy atom. The van der Waals surface area contributed by atoms with Crippen molar-refractivity contribution >= 4 is 36.4 Å². The molecule has 2 aromatic carbocycles. The number of carbonyl (C=O) groups is 2. The van der Waals surface area contributed by atoms with Gasteiger partial charge in [0, 0.05) is 17.8 Å². The fourth-order valence-corrected chi connectivity index (χ4v) is 3.07. The van der Waals surface area contributed by atoms with Crippen LogP contribution in [-0.4, -0.2) is 11.6 Å². The highest BCUT2D eigenvalue weighted by molar-refractivity contribution is 5.89. The number of hydrogen-bond donors (Lipinski definition) is 1. The van der Waals surface area contributed by atoms with E-state index in [0.717, 1.165) is 36.8 Å². The van der Waals surface area contributed by atoms with Crippen molar-refractivity contribution in [3.05, 3.63) is 71.8 Å². The molecular formula is C23H29Cl2NO2. The number of hydrogen-bond acceptors (Lipinski definition) is 3. The molecule has 2 aromatic rings. The molecule has 2 aliphatic rings. The van der Waals surface area contributed by atoms with E-state index in [-0.39, 0.29) is 42.4 Å². The highest BCUT2D eigenvalue weighted by atomic mass is 35.5. The van der Waals surface area contributed by atoms with Gasteiger partial charge in [0.1, 0.15) is 5.78 Å². The Morgan fingerprint density at radius 3 is 1.57 bits per heavy atom. The van der Waals surface area contributed by atoms with Gasteiger partial charge < -0.3 is 5.73 Å². The number of halogens is 2. The van der Waals surface area contributed by atoms with Crippen LogP contribution in [0, 0.1) is 11.8 Å². The smallest absolute Gasteiger partial charge is 0.157 e. The lowest BCUT2D eigenvalue weighted by molar-refractivity contribution is -0.122. The third kappa shape index (κ3) is 6.73. The van der Waals surface area contributed by atoms with Crippen molar-refractivity contribution in [2.45, 2.75) is 44.6 Å². The first-order valence-corrected chi connectivity index (χ1v) is 9.51. The third-order valence-electron chi connectivity index (χ3n) is 5.15. The van der Waals surface area contributed by atoms with Gasteiger partial charge in [-0.05, 0) is 36.8 Å². The third-order valence-corrected chi connectivity index (χ3v) is 5.15. The van der Waals surface area contributed by atoms with Crippen molar-refractivity contribution in [2.24, 2.45) is 17.6 Å². The summed E-state index contributed by atoms with van der Waals surface area (Å²) in [5, 5.41) is 0. The van der Waals surface area contributed by atoms with Gasteiger partial charge in [0.15, 0.2) is 5.78 Å². The summed E-state index contributed by atoms with van der Waals surface area (Å²) < 4.78 is 0. The molecule has 2 fully saturated rings. The van der Waals surface area contributed by atoms with E-state index in [1.54, 1.807) is 0 Å². The molecule has 2 atom stereocenters. The van der Waals surface area contributed by atoms with Gasteiger partial charge in [0.05, 0.1) is 6.04 Å². The monoisotopic (exact) mass is 421 g/mol. The van der Waals surface area contributed by atoms with E-state index in [1.165, 1.54) is 0 Å². The number of rotatable bonds is 6. The van der Waals surface area contributed by atoms with Gasteiger partial charge >= 0.3 is 0 Å². The van der Waals surface area contributed by atoms with Crippen LogP contribution in [0.2, 0.25) is 0 Å². The second-order valence-corrected chi connectivity index (χ2v) is 7.37. The molecule has 0 radical (unpaired) electrons. The van der Waals surface area contributed by atoms with E-state index < -0.39 is 6.04 Å². The Kier molecular flexibility index (Phi) is 9.88. The quantitative estimate of drug-likeness (QED) is 0.689. The van der Waals surface area contributed by atoms with Gasteiger partial charge in [-0.2, -0.15) is 0 Å². The van der Waals surface area contributed by atoms with Crippen LogP contribution in [0.4, 0.5) is 0 Å². The van der Waals surface area contributed by atoms with Gasteiger partial charge in [0.25, 0.3) is 0 Å². The summed E-state index contributed by atoms with van der Waals surface area (Å²) in [6, 6.07) is 19.2. The summed E-state index contributed by atoms with van der Waals surface area (Å²) in [5.41, 5.74) is 7.91. The molecule has 3 nitrogen and oxygen atoms in total. The van der Waals surface area contributed by atoms with Crippen LogP contribution in [0.3, 0.4) is 0 Å². The molecule has 2 N–H and O–H groups in total. The normalized spacial score (nSPS) is 16.9. The van der Waals surface area contributed by atoms with Crippen LogP contribution in [0.5, 0.6) is 0 Å². The largest absolute Gasteiger partial charge is 0.318 e. The summed E-state index contributed by atoms with van der Waals surface area (Å²) in [5.74, 6) is 1.33. The van der Waals surface area contributed by atoms with Crippen LogP contribution in [0.25, 0.3) is 0 Å². The zero-order chi connectivity index (χ0) is 18.5. The summed E-state index contributed by atoms with van der Waals surface area (Å²) in [6.07, 6.45) is 4.27. The minimum absolute atomic E-state index is 0. The van der Waals surface area contributed by atoms with Crippen molar-refractivity contribution < 1.29 is 9.59 Å². The molecule has 2 aliphatic carbocycles. The molecule has 0 aliphatic heterocycles. The zero-order valence-electron chi connectivity index (χ0n) is 16.1. The molecule has 5 heteroatoms. The lowest BCUT2D eigenvalue weighted by atomic mass is 9.94. The zero-order valence-corrected chi connectivity index (χ0v) is 17.8. The number of benzene rings is 2. The predicted molar refractivity (Wildman–Crippen MR) is 118 cm³/mol. The van der Waals surface area contributed by atoms with Crippen molar-refractivity contribution in [3.8, 4) is 0 Å². The standard InChI is InChI=1S/C12H14O.C11H13NO.2ClH/c1-9(12(13)11-7-8-11)10-5-3-2-4-6-10;12-10(11(13)9-6-7-9)8-4-2-1-3-5-8;;/h2-6,9,11H,7-8H2,1H3;1-5,9-10H,6-7,12H2;2*1H/t9-;10-;;/m11../s1. The van der Waals surface area contributed by atoms with Crippen LogP contribution in [0.1, 0.15) is 55.7 Å². The Labute approximate surface area is 179 Å². The Bertz CT molecular complexity index is 678. The predicted octanol–water partition coefficient (Wildman–Crippen LogP) is 5.28. The average Bonchev–Trinajstić information content (AvgIpc) is 3.60. The second kappa shape index (κ2) is 11.4. The summed E-state index contributed by atoms with van der Waals surface area (Å²) >= 11 is 0. The maximum atomic E-state index is 11.7. The van der Waals surface area contributed by atoms with Crippen LogP contribution in [-0.2, 0) is 9.59 Å². The van der Waals surface area contributed by atoms with Crippen molar-refractivity contribution in [2.75, 3.05) is 0 Å². The fraction of sp³-hybridized carbons (Fsp3) is 0.391. The van der Waals surface area contributed by atoms with Crippen LogP contribution < -0.4 is 5.73 Å². The van der Waals surface area contributed by atoms with Gasteiger partial charge in [-0.1, -0.05) is 67.6 Å². The lowest BCUT2D eigenvalue weighted by Crippen LogP contribution is -2.22. The van der Waals surface area contributed by atoms with E-state index in [9.17, 15) is 9.59 Å². The summed E-state index contributed by atoms with van der Waals surface area (Å²) in [6.45, 7) is 2.01. The number of ketones is 2. The summed E-state index contributed by atoms with van der Waals surface area (Å²) in [4.78, 5) is 23.3. The molecule has 0 unspecified atom stereocenters. The molecule has 0 heterocycles. The molecule has 0 bridgehead atoms.